The van der Waals surface area contributed by atoms with Crippen molar-refractivity contribution in [1.82, 2.24) is 20.2 Å². The third-order valence-corrected chi connectivity index (χ3v) is 5.09. The predicted molar refractivity (Wildman–Crippen MR) is 102 cm³/mol. The van der Waals surface area contributed by atoms with Crippen LogP contribution in [0, 0.1) is 6.92 Å². The van der Waals surface area contributed by atoms with E-state index in [-0.39, 0.29) is 11.9 Å². The van der Waals surface area contributed by atoms with Crippen molar-refractivity contribution >= 4 is 11.7 Å². The van der Waals surface area contributed by atoms with E-state index in [4.69, 9.17) is 4.98 Å². The van der Waals surface area contributed by atoms with Gasteiger partial charge in [-0.2, -0.15) is 0 Å². The van der Waals surface area contributed by atoms with E-state index < -0.39 is 0 Å². The van der Waals surface area contributed by atoms with Gasteiger partial charge in [-0.05, 0) is 19.8 Å². The summed E-state index contributed by atoms with van der Waals surface area (Å²) in [5.41, 5.74) is 1.95. The zero-order valence-electron chi connectivity index (χ0n) is 15.2. The second-order valence-electron chi connectivity index (χ2n) is 7.04. The smallest absolute Gasteiger partial charge is 0.241 e. The third kappa shape index (κ3) is 3.55. The molecular formula is C20H25N5O. The fraction of sp³-hybridized carbons (Fsp3) is 0.450. The fourth-order valence-corrected chi connectivity index (χ4v) is 3.71. The number of carbonyl (C=O) groups is 1. The van der Waals surface area contributed by atoms with Gasteiger partial charge < -0.3 is 15.1 Å². The van der Waals surface area contributed by atoms with E-state index >= 15 is 0 Å². The quantitative estimate of drug-likeness (QED) is 0.914. The van der Waals surface area contributed by atoms with Crippen molar-refractivity contribution in [3.63, 3.8) is 0 Å². The average molecular weight is 351 g/mol. The molecule has 0 radical (unpaired) electrons. The zero-order valence-corrected chi connectivity index (χ0v) is 15.2. The first-order chi connectivity index (χ1) is 12.7. The summed E-state index contributed by atoms with van der Waals surface area (Å²) in [6.07, 6.45) is 2.24. The fourth-order valence-electron chi connectivity index (χ4n) is 3.71. The predicted octanol–water partition coefficient (Wildman–Crippen LogP) is 1.85. The summed E-state index contributed by atoms with van der Waals surface area (Å²) >= 11 is 0. The van der Waals surface area contributed by atoms with Crippen molar-refractivity contribution in [2.45, 2.75) is 25.8 Å². The molecule has 0 bridgehead atoms. The number of likely N-dealkylation sites (tertiary alicyclic amines) is 1. The van der Waals surface area contributed by atoms with Crippen molar-refractivity contribution in [1.29, 1.82) is 0 Å². The molecule has 1 aromatic heterocycles. The molecule has 2 aliphatic rings. The lowest BCUT2D eigenvalue weighted by atomic mass is 10.1. The second-order valence-corrected chi connectivity index (χ2v) is 7.04. The lowest BCUT2D eigenvalue weighted by Crippen LogP contribution is -2.57. The molecule has 0 saturated carbocycles. The average Bonchev–Trinajstić information content (AvgIpc) is 3.22. The molecule has 1 N–H and O–H groups in total. The summed E-state index contributed by atoms with van der Waals surface area (Å²) in [4.78, 5) is 26.3. The van der Waals surface area contributed by atoms with Gasteiger partial charge in [0.1, 0.15) is 11.9 Å². The van der Waals surface area contributed by atoms with E-state index in [2.05, 4.69) is 15.2 Å². The number of hydrogen-bond acceptors (Lipinski definition) is 5. The minimum atomic E-state index is -0.155. The van der Waals surface area contributed by atoms with Crippen LogP contribution in [0.5, 0.6) is 0 Å². The van der Waals surface area contributed by atoms with Gasteiger partial charge in [0.2, 0.25) is 5.91 Å². The number of nitrogens with zero attached hydrogens (tertiary/aromatic N) is 4. The highest BCUT2D eigenvalue weighted by molar-refractivity contribution is 5.83. The molecule has 4 rings (SSSR count). The Hall–Kier alpha value is -2.47. The molecule has 26 heavy (non-hydrogen) atoms. The van der Waals surface area contributed by atoms with Crippen molar-refractivity contribution in [2.24, 2.45) is 0 Å². The first-order valence-electron chi connectivity index (χ1n) is 9.39. The van der Waals surface area contributed by atoms with Gasteiger partial charge in [-0.15, -0.1) is 0 Å². The Morgan fingerprint density at radius 2 is 1.88 bits per heavy atom. The number of aryl methyl sites for hydroxylation is 1. The Balaban J connectivity index is 1.55. The van der Waals surface area contributed by atoms with Crippen LogP contribution in [0.4, 0.5) is 5.82 Å². The molecule has 2 aromatic rings. The van der Waals surface area contributed by atoms with Crippen LogP contribution < -0.4 is 10.2 Å². The first-order valence-corrected chi connectivity index (χ1v) is 9.39. The summed E-state index contributed by atoms with van der Waals surface area (Å²) in [6.45, 7) is 6.05. The van der Waals surface area contributed by atoms with Gasteiger partial charge in [-0.25, -0.2) is 9.97 Å². The van der Waals surface area contributed by atoms with Crippen LogP contribution in [-0.2, 0) is 4.79 Å². The van der Waals surface area contributed by atoms with Crippen LogP contribution in [0.1, 0.15) is 18.5 Å². The number of carbonyl (C=O) groups excluding carboxylic acids is 1. The SMILES string of the molecule is Cc1cc(N2CCN[C@H](C(=O)N3CCCC3)C2)nc(-c2ccccc2)n1. The molecule has 3 heterocycles. The van der Waals surface area contributed by atoms with Gasteiger partial charge in [0.15, 0.2) is 5.82 Å². The number of hydrogen-bond donors (Lipinski definition) is 1. The molecule has 1 aromatic carbocycles. The number of amides is 1. The molecule has 2 fully saturated rings. The normalized spacial score (nSPS) is 20.4. The molecule has 1 amide bonds. The van der Waals surface area contributed by atoms with Crippen molar-refractivity contribution in [3.05, 3.63) is 42.1 Å². The number of aromatic nitrogens is 2. The highest BCUT2D eigenvalue weighted by Gasteiger charge is 2.30. The summed E-state index contributed by atoms with van der Waals surface area (Å²) in [5, 5.41) is 3.38. The minimum absolute atomic E-state index is 0.155. The van der Waals surface area contributed by atoms with Crippen molar-refractivity contribution in [2.75, 3.05) is 37.6 Å². The number of piperazine rings is 1. The maximum atomic E-state index is 12.7. The molecule has 0 aliphatic carbocycles. The van der Waals surface area contributed by atoms with E-state index in [0.29, 0.717) is 6.54 Å². The van der Waals surface area contributed by atoms with Crippen LogP contribution in [-0.4, -0.2) is 59.5 Å². The van der Waals surface area contributed by atoms with Crippen molar-refractivity contribution < 1.29 is 4.79 Å². The second kappa shape index (κ2) is 7.41. The molecule has 2 aliphatic heterocycles. The number of rotatable bonds is 3. The van der Waals surface area contributed by atoms with Gasteiger partial charge in [-0.1, -0.05) is 30.3 Å². The third-order valence-electron chi connectivity index (χ3n) is 5.09. The molecule has 0 unspecified atom stereocenters. The van der Waals surface area contributed by atoms with Crippen LogP contribution in [0.25, 0.3) is 11.4 Å². The van der Waals surface area contributed by atoms with Gasteiger partial charge in [-0.3, -0.25) is 4.79 Å². The standard InChI is InChI=1S/C20H25N5O/c1-15-13-18(23-19(22-15)16-7-3-2-4-8-16)25-12-9-21-17(14-25)20(26)24-10-5-6-11-24/h2-4,7-8,13,17,21H,5-6,9-12,14H2,1H3/t17-/m0/s1. The molecular weight excluding hydrogens is 326 g/mol. The highest BCUT2D eigenvalue weighted by atomic mass is 16.2. The number of nitrogens with one attached hydrogen (secondary N) is 1. The van der Waals surface area contributed by atoms with E-state index in [1.807, 2.05) is 48.2 Å². The van der Waals surface area contributed by atoms with Gasteiger partial charge in [0, 0.05) is 50.0 Å². The topological polar surface area (TPSA) is 61.4 Å². The molecule has 136 valence electrons. The summed E-state index contributed by atoms with van der Waals surface area (Å²) < 4.78 is 0. The van der Waals surface area contributed by atoms with Gasteiger partial charge in [0.05, 0.1) is 0 Å². The van der Waals surface area contributed by atoms with E-state index in [1.54, 1.807) is 0 Å². The zero-order chi connectivity index (χ0) is 17.9. The molecule has 6 nitrogen and oxygen atoms in total. The Labute approximate surface area is 154 Å². The number of anilines is 1. The Morgan fingerprint density at radius 1 is 1.12 bits per heavy atom. The summed E-state index contributed by atoms with van der Waals surface area (Å²) in [6, 6.07) is 11.9. The van der Waals surface area contributed by atoms with Gasteiger partial charge in [0.25, 0.3) is 0 Å². The monoisotopic (exact) mass is 351 g/mol. The van der Waals surface area contributed by atoms with Crippen LogP contribution in [0.2, 0.25) is 0 Å². The molecule has 0 spiro atoms. The van der Waals surface area contributed by atoms with E-state index in [1.165, 1.54) is 0 Å². The molecule has 2 saturated heterocycles. The Kier molecular flexibility index (Phi) is 4.84. The van der Waals surface area contributed by atoms with Crippen LogP contribution in [0.15, 0.2) is 36.4 Å². The van der Waals surface area contributed by atoms with Gasteiger partial charge >= 0.3 is 0 Å². The molecule has 6 heteroatoms. The Bertz CT molecular complexity index is 773. The minimum Gasteiger partial charge on any atom is -0.353 e. The summed E-state index contributed by atoms with van der Waals surface area (Å²) in [5.74, 6) is 1.86. The lowest BCUT2D eigenvalue weighted by molar-refractivity contribution is -0.132. The number of benzene rings is 1. The highest BCUT2D eigenvalue weighted by Crippen LogP contribution is 2.21. The maximum Gasteiger partial charge on any atom is 0.241 e. The Morgan fingerprint density at radius 3 is 2.65 bits per heavy atom. The van der Waals surface area contributed by atoms with E-state index in [9.17, 15) is 4.79 Å². The molecule has 1 atom stereocenters. The van der Waals surface area contributed by atoms with Crippen molar-refractivity contribution in [3.8, 4) is 11.4 Å². The first kappa shape index (κ1) is 17.0. The van der Waals surface area contributed by atoms with E-state index in [0.717, 1.165) is 61.9 Å². The largest absolute Gasteiger partial charge is 0.353 e. The summed E-state index contributed by atoms with van der Waals surface area (Å²) in [7, 11) is 0. The van der Waals surface area contributed by atoms with Crippen LogP contribution in [0.3, 0.4) is 0 Å². The maximum absolute atomic E-state index is 12.7. The lowest BCUT2D eigenvalue weighted by Gasteiger charge is -2.35. The van der Waals surface area contributed by atoms with Crippen LogP contribution >= 0.6 is 0 Å².